The van der Waals surface area contributed by atoms with E-state index in [1.807, 2.05) is 25.1 Å². The molecule has 5 heteroatoms. The fourth-order valence-corrected chi connectivity index (χ4v) is 3.24. The van der Waals surface area contributed by atoms with Crippen LogP contribution in [0.15, 0.2) is 18.2 Å². The highest BCUT2D eigenvalue weighted by Gasteiger charge is 2.25. The van der Waals surface area contributed by atoms with E-state index >= 15 is 0 Å². The van der Waals surface area contributed by atoms with Gasteiger partial charge >= 0.3 is 0 Å². The van der Waals surface area contributed by atoms with Gasteiger partial charge in [0.1, 0.15) is 5.75 Å². The van der Waals surface area contributed by atoms with Gasteiger partial charge < -0.3 is 15.0 Å². The molecule has 118 valence electrons. The van der Waals surface area contributed by atoms with E-state index in [2.05, 4.69) is 5.32 Å². The predicted molar refractivity (Wildman–Crippen MR) is 85.2 cm³/mol. The third-order valence-corrected chi connectivity index (χ3v) is 4.46. The maximum atomic E-state index is 12.3. The van der Waals surface area contributed by atoms with Gasteiger partial charge in [-0.25, -0.2) is 0 Å². The molecule has 1 aromatic rings. The first-order valence-electron chi connectivity index (χ1n) is 8.07. The zero-order valence-corrected chi connectivity index (χ0v) is 12.9. The quantitative estimate of drug-likeness (QED) is 0.934. The smallest absolute Gasteiger partial charge is 0.265 e. The summed E-state index contributed by atoms with van der Waals surface area (Å²) >= 11 is 0. The molecule has 2 aliphatic rings. The zero-order valence-electron chi connectivity index (χ0n) is 12.9. The molecule has 3 rings (SSSR count). The molecule has 1 N–H and O–H groups in total. The number of hydrogen-bond donors (Lipinski definition) is 1. The maximum absolute atomic E-state index is 12.3. The van der Waals surface area contributed by atoms with Crippen LogP contribution in [-0.4, -0.2) is 25.0 Å². The van der Waals surface area contributed by atoms with E-state index in [0.717, 1.165) is 37.1 Å². The summed E-state index contributed by atoms with van der Waals surface area (Å²) in [5, 5.41) is 2.99. The molecular weight excluding hydrogens is 280 g/mol. The van der Waals surface area contributed by atoms with Crippen LogP contribution in [0.4, 0.5) is 11.4 Å². The molecule has 0 saturated heterocycles. The summed E-state index contributed by atoms with van der Waals surface area (Å²) in [6, 6.07) is 5.49. The fraction of sp³-hybridized carbons (Fsp3) is 0.529. The van der Waals surface area contributed by atoms with Crippen molar-refractivity contribution in [1.29, 1.82) is 0 Å². The number of fused-ring (bicyclic) bond motifs is 1. The van der Waals surface area contributed by atoms with Gasteiger partial charge in [0.15, 0.2) is 6.61 Å². The van der Waals surface area contributed by atoms with Gasteiger partial charge in [-0.15, -0.1) is 0 Å². The van der Waals surface area contributed by atoms with E-state index in [0.29, 0.717) is 12.3 Å². The second-order valence-corrected chi connectivity index (χ2v) is 5.93. The highest BCUT2D eigenvalue weighted by atomic mass is 16.5. The number of likely N-dealkylation sites (N-methyl/N-ethyl adjacent to an activating group) is 1. The van der Waals surface area contributed by atoms with Crippen molar-refractivity contribution in [2.45, 2.75) is 39.0 Å². The summed E-state index contributed by atoms with van der Waals surface area (Å²) in [5.41, 5.74) is 1.46. The number of anilines is 2. The largest absolute Gasteiger partial charge is 0.482 e. The number of carbonyl (C=O) groups is 2. The third kappa shape index (κ3) is 2.93. The zero-order chi connectivity index (χ0) is 15.5. The highest BCUT2D eigenvalue weighted by molar-refractivity contribution is 5.99. The minimum atomic E-state index is -0.0502. The van der Waals surface area contributed by atoms with Gasteiger partial charge in [-0.2, -0.15) is 0 Å². The first-order valence-corrected chi connectivity index (χ1v) is 8.07. The fourth-order valence-electron chi connectivity index (χ4n) is 3.24. The van der Waals surface area contributed by atoms with Crippen molar-refractivity contribution in [1.82, 2.24) is 0 Å². The molecule has 1 aromatic carbocycles. The molecule has 1 aliphatic carbocycles. The molecule has 1 saturated carbocycles. The molecule has 0 aromatic heterocycles. The van der Waals surface area contributed by atoms with E-state index in [1.165, 1.54) is 6.42 Å². The van der Waals surface area contributed by atoms with Crippen LogP contribution in [0.25, 0.3) is 0 Å². The Hall–Kier alpha value is -2.04. The Morgan fingerprint density at radius 1 is 1.32 bits per heavy atom. The van der Waals surface area contributed by atoms with Crippen LogP contribution < -0.4 is 15.0 Å². The van der Waals surface area contributed by atoms with Crippen LogP contribution >= 0.6 is 0 Å². The number of hydrogen-bond acceptors (Lipinski definition) is 3. The Morgan fingerprint density at radius 2 is 2.09 bits per heavy atom. The predicted octanol–water partition coefficient (Wildman–Crippen LogP) is 2.95. The first-order chi connectivity index (χ1) is 10.7. The monoisotopic (exact) mass is 302 g/mol. The van der Waals surface area contributed by atoms with Crippen molar-refractivity contribution >= 4 is 23.2 Å². The van der Waals surface area contributed by atoms with Crippen molar-refractivity contribution in [2.75, 3.05) is 23.4 Å². The molecule has 0 unspecified atom stereocenters. The Kier molecular flexibility index (Phi) is 4.32. The van der Waals surface area contributed by atoms with Crippen molar-refractivity contribution in [3.8, 4) is 5.75 Å². The molecule has 0 radical (unpaired) electrons. The van der Waals surface area contributed by atoms with Gasteiger partial charge in [0.05, 0.1) is 5.69 Å². The Bertz CT molecular complexity index is 579. The average molecular weight is 302 g/mol. The molecule has 2 amide bonds. The molecule has 5 nitrogen and oxygen atoms in total. The van der Waals surface area contributed by atoms with E-state index in [1.54, 1.807) is 4.90 Å². The molecule has 0 atom stereocenters. The normalized spacial score (nSPS) is 18.6. The number of carbonyl (C=O) groups excluding carboxylic acids is 2. The van der Waals surface area contributed by atoms with E-state index in [9.17, 15) is 9.59 Å². The third-order valence-electron chi connectivity index (χ3n) is 4.46. The van der Waals surface area contributed by atoms with Gasteiger partial charge in [0.25, 0.3) is 5.91 Å². The number of amides is 2. The minimum Gasteiger partial charge on any atom is -0.482 e. The van der Waals surface area contributed by atoms with Gasteiger partial charge in [-0.3, -0.25) is 9.59 Å². The number of ether oxygens (including phenoxy) is 1. The summed E-state index contributed by atoms with van der Waals surface area (Å²) in [6.45, 7) is 2.60. The molecule has 0 spiro atoms. The minimum absolute atomic E-state index is 0.0502. The van der Waals surface area contributed by atoms with Gasteiger partial charge in [0, 0.05) is 18.2 Å². The lowest BCUT2D eigenvalue weighted by Gasteiger charge is -2.29. The van der Waals surface area contributed by atoms with Crippen molar-refractivity contribution in [3.63, 3.8) is 0 Å². The van der Waals surface area contributed by atoms with E-state index in [-0.39, 0.29) is 24.3 Å². The molecule has 1 aliphatic heterocycles. The van der Waals surface area contributed by atoms with Gasteiger partial charge in [-0.1, -0.05) is 19.3 Å². The standard InChI is InChI=1S/C17H22N2O3/c1-2-19-14-10-13(8-9-15(14)22-11-16(19)20)18-17(21)12-6-4-3-5-7-12/h8-10,12H,2-7,11H2,1H3,(H,18,21). The maximum Gasteiger partial charge on any atom is 0.265 e. The lowest BCUT2D eigenvalue weighted by Crippen LogP contribution is -2.38. The van der Waals surface area contributed by atoms with Crippen molar-refractivity contribution in [2.24, 2.45) is 5.92 Å². The molecular formula is C17H22N2O3. The average Bonchev–Trinajstić information content (AvgIpc) is 2.55. The lowest BCUT2D eigenvalue weighted by atomic mass is 9.88. The number of nitrogens with one attached hydrogen (secondary N) is 1. The Labute approximate surface area is 130 Å². The van der Waals surface area contributed by atoms with Crippen LogP contribution in [-0.2, 0) is 9.59 Å². The van der Waals surface area contributed by atoms with Crippen molar-refractivity contribution in [3.05, 3.63) is 18.2 Å². The van der Waals surface area contributed by atoms with E-state index in [4.69, 9.17) is 4.74 Å². The number of benzene rings is 1. The van der Waals surface area contributed by atoms with Crippen LogP contribution in [0.5, 0.6) is 5.75 Å². The van der Waals surface area contributed by atoms with Crippen LogP contribution in [0.1, 0.15) is 39.0 Å². The molecule has 1 fully saturated rings. The molecule has 1 heterocycles. The lowest BCUT2D eigenvalue weighted by molar-refractivity contribution is -0.121. The van der Waals surface area contributed by atoms with Gasteiger partial charge in [-0.05, 0) is 38.0 Å². The van der Waals surface area contributed by atoms with Crippen LogP contribution in [0, 0.1) is 5.92 Å². The summed E-state index contributed by atoms with van der Waals surface area (Å²) in [5.74, 6) is 0.846. The SMILES string of the molecule is CCN1C(=O)COc2ccc(NC(=O)C3CCCCC3)cc21. The topological polar surface area (TPSA) is 58.6 Å². The first kappa shape index (κ1) is 14.9. The Balaban J connectivity index is 1.76. The number of rotatable bonds is 3. The van der Waals surface area contributed by atoms with Crippen LogP contribution in [0.2, 0.25) is 0 Å². The highest BCUT2D eigenvalue weighted by Crippen LogP contribution is 2.35. The van der Waals surface area contributed by atoms with Crippen molar-refractivity contribution < 1.29 is 14.3 Å². The second kappa shape index (κ2) is 6.38. The van der Waals surface area contributed by atoms with Crippen LogP contribution in [0.3, 0.4) is 0 Å². The Morgan fingerprint density at radius 3 is 2.82 bits per heavy atom. The second-order valence-electron chi connectivity index (χ2n) is 5.93. The summed E-state index contributed by atoms with van der Waals surface area (Å²) in [7, 11) is 0. The summed E-state index contributed by atoms with van der Waals surface area (Å²) in [4.78, 5) is 25.9. The molecule has 22 heavy (non-hydrogen) atoms. The van der Waals surface area contributed by atoms with E-state index < -0.39 is 0 Å². The van der Waals surface area contributed by atoms with Gasteiger partial charge in [0.2, 0.25) is 5.91 Å². The molecule has 0 bridgehead atoms. The number of nitrogens with zero attached hydrogens (tertiary/aromatic N) is 1. The summed E-state index contributed by atoms with van der Waals surface area (Å²) < 4.78 is 5.44. The summed E-state index contributed by atoms with van der Waals surface area (Å²) in [6.07, 6.45) is 5.44.